The molecule has 0 spiro atoms. The van der Waals surface area contributed by atoms with Gasteiger partial charge in [-0.3, -0.25) is 9.97 Å². The van der Waals surface area contributed by atoms with Gasteiger partial charge in [-0.25, -0.2) is 4.39 Å². The molecule has 17 heavy (non-hydrogen) atoms. The molecule has 2 aromatic heterocycles. The van der Waals surface area contributed by atoms with Gasteiger partial charge in [-0.15, -0.1) is 0 Å². The van der Waals surface area contributed by atoms with Crippen LogP contribution in [-0.4, -0.2) is 9.97 Å². The van der Waals surface area contributed by atoms with Crippen LogP contribution in [0.4, 0.5) is 4.39 Å². The van der Waals surface area contributed by atoms with Gasteiger partial charge in [0.05, 0.1) is 18.1 Å². The zero-order chi connectivity index (χ0) is 12.1. The Hall–Kier alpha value is -2.01. The van der Waals surface area contributed by atoms with Gasteiger partial charge in [-0.1, -0.05) is 0 Å². The second kappa shape index (κ2) is 5.36. The molecule has 4 nitrogen and oxygen atoms in total. The second-order valence-corrected chi connectivity index (χ2v) is 3.44. The molecule has 0 saturated heterocycles. The van der Waals surface area contributed by atoms with Crippen molar-refractivity contribution in [1.29, 1.82) is 0 Å². The van der Waals surface area contributed by atoms with E-state index >= 15 is 0 Å². The van der Waals surface area contributed by atoms with Crippen molar-refractivity contribution in [1.82, 2.24) is 9.97 Å². The lowest BCUT2D eigenvalue weighted by atomic mass is 10.2. The standard InChI is InChI=1S/C12H12FN3O/c13-10-1-2-11(16-6-10)8-17-12-7-15-4-3-9(12)5-14/h1-4,6-7H,5,8,14H2. The number of rotatable bonds is 4. The molecule has 0 aliphatic carbocycles. The summed E-state index contributed by atoms with van der Waals surface area (Å²) >= 11 is 0. The zero-order valence-corrected chi connectivity index (χ0v) is 9.14. The smallest absolute Gasteiger partial charge is 0.142 e. The van der Waals surface area contributed by atoms with E-state index in [2.05, 4.69) is 9.97 Å². The molecule has 0 fully saturated rings. The van der Waals surface area contributed by atoms with Crippen LogP contribution in [0.3, 0.4) is 0 Å². The number of hydrogen-bond acceptors (Lipinski definition) is 4. The molecule has 2 heterocycles. The van der Waals surface area contributed by atoms with E-state index in [9.17, 15) is 4.39 Å². The molecule has 0 radical (unpaired) electrons. The minimum Gasteiger partial charge on any atom is -0.485 e. The maximum atomic E-state index is 12.6. The van der Waals surface area contributed by atoms with Gasteiger partial charge in [-0.05, 0) is 18.2 Å². The van der Waals surface area contributed by atoms with E-state index in [1.165, 1.54) is 6.07 Å². The SMILES string of the molecule is NCc1ccncc1OCc1ccc(F)cn1. The summed E-state index contributed by atoms with van der Waals surface area (Å²) in [4.78, 5) is 7.86. The number of nitrogens with two attached hydrogens (primary N) is 1. The molecule has 88 valence electrons. The molecule has 0 bridgehead atoms. The lowest BCUT2D eigenvalue weighted by Gasteiger charge is -2.08. The molecular formula is C12H12FN3O. The first-order valence-corrected chi connectivity index (χ1v) is 5.16. The molecule has 2 aromatic rings. The zero-order valence-electron chi connectivity index (χ0n) is 9.14. The Morgan fingerprint density at radius 2 is 2.12 bits per heavy atom. The van der Waals surface area contributed by atoms with Crippen molar-refractivity contribution in [3.8, 4) is 5.75 Å². The van der Waals surface area contributed by atoms with Crippen molar-refractivity contribution >= 4 is 0 Å². The van der Waals surface area contributed by atoms with E-state index in [4.69, 9.17) is 10.5 Å². The van der Waals surface area contributed by atoms with Crippen LogP contribution in [0.1, 0.15) is 11.3 Å². The van der Waals surface area contributed by atoms with Gasteiger partial charge in [0, 0.05) is 18.3 Å². The molecule has 0 unspecified atom stereocenters. The van der Waals surface area contributed by atoms with Gasteiger partial charge >= 0.3 is 0 Å². The Morgan fingerprint density at radius 1 is 1.24 bits per heavy atom. The van der Waals surface area contributed by atoms with Crippen LogP contribution in [0.5, 0.6) is 5.75 Å². The highest BCUT2D eigenvalue weighted by molar-refractivity contribution is 5.29. The normalized spacial score (nSPS) is 10.2. The van der Waals surface area contributed by atoms with E-state index in [-0.39, 0.29) is 12.4 Å². The summed E-state index contributed by atoms with van der Waals surface area (Å²) in [5.41, 5.74) is 7.09. The van der Waals surface area contributed by atoms with Crippen molar-refractivity contribution in [2.45, 2.75) is 13.2 Å². The van der Waals surface area contributed by atoms with E-state index in [1.807, 2.05) is 0 Å². The molecule has 0 aliphatic rings. The van der Waals surface area contributed by atoms with Crippen molar-refractivity contribution in [3.63, 3.8) is 0 Å². The average molecular weight is 233 g/mol. The van der Waals surface area contributed by atoms with E-state index in [0.717, 1.165) is 11.8 Å². The Labute approximate surface area is 98.3 Å². The predicted octanol–water partition coefficient (Wildman–Crippen LogP) is 1.65. The summed E-state index contributed by atoms with van der Waals surface area (Å²) in [7, 11) is 0. The molecule has 5 heteroatoms. The summed E-state index contributed by atoms with van der Waals surface area (Å²) in [6.45, 7) is 0.647. The maximum Gasteiger partial charge on any atom is 0.142 e. The van der Waals surface area contributed by atoms with Crippen LogP contribution < -0.4 is 10.5 Å². The van der Waals surface area contributed by atoms with Gasteiger partial charge in [0.1, 0.15) is 18.2 Å². The third-order valence-corrected chi connectivity index (χ3v) is 2.25. The molecule has 0 aromatic carbocycles. The fraction of sp³-hybridized carbons (Fsp3) is 0.167. The molecule has 0 aliphatic heterocycles. The van der Waals surface area contributed by atoms with Crippen LogP contribution in [-0.2, 0) is 13.2 Å². The summed E-state index contributed by atoms with van der Waals surface area (Å²) in [6.07, 6.45) is 4.42. The quantitative estimate of drug-likeness (QED) is 0.872. The number of ether oxygens (including phenoxy) is 1. The topological polar surface area (TPSA) is 61.0 Å². The minimum absolute atomic E-state index is 0.263. The van der Waals surface area contributed by atoms with Gasteiger partial charge in [0.2, 0.25) is 0 Å². The van der Waals surface area contributed by atoms with Crippen LogP contribution in [0.15, 0.2) is 36.8 Å². The van der Waals surface area contributed by atoms with Gasteiger partial charge in [-0.2, -0.15) is 0 Å². The van der Waals surface area contributed by atoms with Gasteiger partial charge in [0.15, 0.2) is 0 Å². The summed E-state index contributed by atoms with van der Waals surface area (Å²) in [5.74, 6) is 0.263. The van der Waals surface area contributed by atoms with Gasteiger partial charge < -0.3 is 10.5 Å². The number of nitrogens with zero attached hydrogens (tertiary/aromatic N) is 2. The first-order valence-electron chi connectivity index (χ1n) is 5.16. The molecule has 0 saturated carbocycles. The Balaban J connectivity index is 2.04. The Bertz CT molecular complexity index is 487. The van der Waals surface area contributed by atoms with Crippen molar-refractivity contribution < 1.29 is 9.13 Å². The van der Waals surface area contributed by atoms with Crippen LogP contribution >= 0.6 is 0 Å². The fourth-order valence-electron chi connectivity index (χ4n) is 1.35. The van der Waals surface area contributed by atoms with E-state index in [1.54, 1.807) is 24.5 Å². The summed E-state index contributed by atoms with van der Waals surface area (Å²) < 4.78 is 18.2. The second-order valence-electron chi connectivity index (χ2n) is 3.44. The fourth-order valence-corrected chi connectivity index (χ4v) is 1.35. The first-order chi connectivity index (χ1) is 8.29. The Kier molecular flexibility index (Phi) is 3.62. The number of halogens is 1. The van der Waals surface area contributed by atoms with Crippen molar-refractivity contribution in [3.05, 3.63) is 53.9 Å². The lowest BCUT2D eigenvalue weighted by Crippen LogP contribution is -2.04. The van der Waals surface area contributed by atoms with Crippen molar-refractivity contribution in [2.75, 3.05) is 0 Å². The predicted molar refractivity (Wildman–Crippen MR) is 60.7 cm³/mol. The molecule has 0 atom stereocenters. The molecule has 2 N–H and O–H groups in total. The van der Waals surface area contributed by atoms with Crippen LogP contribution in [0.25, 0.3) is 0 Å². The number of pyridine rings is 2. The molecular weight excluding hydrogens is 221 g/mol. The summed E-state index contributed by atoms with van der Waals surface area (Å²) in [5, 5.41) is 0. The maximum absolute atomic E-state index is 12.6. The summed E-state index contributed by atoms with van der Waals surface area (Å²) in [6, 6.07) is 4.72. The highest BCUT2D eigenvalue weighted by Gasteiger charge is 2.03. The Morgan fingerprint density at radius 3 is 2.82 bits per heavy atom. The highest BCUT2D eigenvalue weighted by Crippen LogP contribution is 2.16. The van der Waals surface area contributed by atoms with E-state index < -0.39 is 0 Å². The monoisotopic (exact) mass is 233 g/mol. The lowest BCUT2D eigenvalue weighted by molar-refractivity contribution is 0.296. The molecule has 2 rings (SSSR count). The van der Waals surface area contributed by atoms with Crippen LogP contribution in [0, 0.1) is 5.82 Å². The van der Waals surface area contributed by atoms with E-state index in [0.29, 0.717) is 18.0 Å². The molecule has 0 amide bonds. The number of aromatic nitrogens is 2. The first kappa shape index (κ1) is 11.5. The van der Waals surface area contributed by atoms with Crippen LogP contribution in [0.2, 0.25) is 0 Å². The highest BCUT2D eigenvalue weighted by atomic mass is 19.1. The minimum atomic E-state index is -0.363. The third kappa shape index (κ3) is 2.98. The third-order valence-electron chi connectivity index (χ3n) is 2.25. The van der Waals surface area contributed by atoms with Gasteiger partial charge in [0.25, 0.3) is 0 Å². The average Bonchev–Trinajstić information content (AvgIpc) is 2.38. The van der Waals surface area contributed by atoms with Crippen molar-refractivity contribution in [2.24, 2.45) is 5.73 Å². The largest absolute Gasteiger partial charge is 0.485 e. The number of hydrogen-bond donors (Lipinski definition) is 1.